The van der Waals surface area contributed by atoms with E-state index in [0.29, 0.717) is 4.90 Å². The summed E-state index contributed by atoms with van der Waals surface area (Å²) in [6.45, 7) is 1.57. The van der Waals surface area contributed by atoms with E-state index in [0.717, 1.165) is 38.1 Å². The van der Waals surface area contributed by atoms with E-state index >= 15 is 0 Å². The highest BCUT2D eigenvalue weighted by Crippen LogP contribution is 2.23. The molecule has 1 fully saturated rings. The van der Waals surface area contributed by atoms with E-state index in [-0.39, 0.29) is 30.1 Å². The van der Waals surface area contributed by atoms with Crippen molar-refractivity contribution >= 4 is 30.1 Å². The summed E-state index contributed by atoms with van der Waals surface area (Å²) in [6, 6.07) is 3.95. The quantitative estimate of drug-likeness (QED) is 0.839. The maximum atomic E-state index is 13.1. The molecule has 2 rings (SSSR count). The second-order valence-corrected chi connectivity index (χ2v) is 5.85. The monoisotopic (exact) mass is 336 g/mol. The van der Waals surface area contributed by atoms with Crippen LogP contribution in [0.1, 0.15) is 12.8 Å². The highest BCUT2D eigenvalue weighted by Gasteiger charge is 2.27. The standard InChI is InChI=1S/C14H18F2N2OS.ClH/c1-17-8-10-3-2-6-18(10)14(19)9-20-11-4-5-12(15)13(16)7-11;/h4-5,7,10,17H,2-3,6,8-9H2,1H3;1H. The van der Waals surface area contributed by atoms with Crippen LogP contribution in [0.2, 0.25) is 0 Å². The van der Waals surface area contributed by atoms with Gasteiger partial charge in [0.1, 0.15) is 0 Å². The first-order valence-electron chi connectivity index (χ1n) is 6.63. The van der Waals surface area contributed by atoms with Gasteiger partial charge in [0.05, 0.1) is 5.75 Å². The molecule has 0 radical (unpaired) electrons. The number of thioether (sulfide) groups is 1. The van der Waals surface area contributed by atoms with Gasteiger partial charge >= 0.3 is 0 Å². The summed E-state index contributed by atoms with van der Waals surface area (Å²) in [5.74, 6) is -1.44. The van der Waals surface area contributed by atoms with E-state index in [1.54, 1.807) is 0 Å². The Morgan fingerprint density at radius 1 is 1.43 bits per heavy atom. The molecule has 118 valence electrons. The van der Waals surface area contributed by atoms with Crippen LogP contribution in [-0.2, 0) is 4.79 Å². The highest BCUT2D eigenvalue weighted by atomic mass is 35.5. The molecule has 1 N–H and O–H groups in total. The normalized spacial score (nSPS) is 17.7. The summed E-state index contributed by atoms with van der Waals surface area (Å²) in [5, 5.41) is 3.09. The van der Waals surface area contributed by atoms with Crippen LogP contribution in [0.5, 0.6) is 0 Å². The van der Waals surface area contributed by atoms with Gasteiger partial charge in [0, 0.05) is 24.0 Å². The van der Waals surface area contributed by atoms with Crippen LogP contribution in [0.4, 0.5) is 8.78 Å². The molecule has 7 heteroatoms. The van der Waals surface area contributed by atoms with Gasteiger partial charge in [-0.25, -0.2) is 8.78 Å². The van der Waals surface area contributed by atoms with Gasteiger partial charge in [-0.15, -0.1) is 24.2 Å². The van der Waals surface area contributed by atoms with Crippen molar-refractivity contribution in [2.24, 2.45) is 0 Å². The maximum Gasteiger partial charge on any atom is 0.233 e. The lowest BCUT2D eigenvalue weighted by atomic mass is 10.2. The van der Waals surface area contributed by atoms with Crippen molar-refractivity contribution in [1.29, 1.82) is 0 Å². The van der Waals surface area contributed by atoms with Crippen LogP contribution >= 0.6 is 24.2 Å². The van der Waals surface area contributed by atoms with Gasteiger partial charge in [0.2, 0.25) is 5.91 Å². The minimum Gasteiger partial charge on any atom is -0.338 e. The van der Waals surface area contributed by atoms with Gasteiger partial charge in [0.15, 0.2) is 11.6 Å². The van der Waals surface area contributed by atoms with Crippen LogP contribution in [0.25, 0.3) is 0 Å². The number of likely N-dealkylation sites (tertiary alicyclic amines) is 1. The molecule has 0 saturated carbocycles. The number of carbonyl (C=O) groups is 1. The summed E-state index contributed by atoms with van der Waals surface area (Å²) in [4.78, 5) is 14.6. The molecule has 0 spiro atoms. The number of likely N-dealkylation sites (N-methyl/N-ethyl adjacent to an activating group) is 1. The molecule has 3 nitrogen and oxygen atoms in total. The summed E-state index contributed by atoms with van der Waals surface area (Å²) in [6.07, 6.45) is 2.04. The molecule has 1 amide bonds. The van der Waals surface area contributed by atoms with Crippen LogP contribution in [0, 0.1) is 11.6 Å². The molecule has 1 aliphatic heterocycles. The van der Waals surface area contributed by atoms with Gasteiger partial charge < -0.3 is 10.2 Å². The third-order valence-corrected chi connectivity index (χ3v) is 4.37. The zero-order chi connectivity index (χ0) is 14.5. The Balaban J connectivity index is 0.00000220. The fraction of sp³-hybridized carbons (Fsp3) is 0.500. The second-order valence-electron chi connectivity index (χ2n) is 4.81. The summed E-state index contributed by atoms with van der Waals surface area (Å²) in [7, 11) is 1.87. The largest absolute Gasteiger partial charge is 0.338 e. The Morgan fingerprint density at radius 2 is 2.19 bits per heavy atom. The van der Waals surface area contributed by atoms with Gasteiger partial charge in [-0.05, 0) is 38.1 Å². The zero-order valence-electron chi connectivity index (χ0n) is 11.8. The van der Waals surface area contributed by atoms with Gasteiger partial charge in [-0.3, -0.25) is 4.79 Å². The molecular weight excluding hydrogens is 318 g/mol. The van der Waals surface area contributed by atoms with Crippen LogP contribution in [0.3, 0.4) is 0 Å². The second kappa shape index (κ2) is 8.56. The Kier molecular flexibility index (Phi) is 7.42. The number of hydrogen-bond acceptors (Lipinski definition) is 3. The molecule has 1 unspecified atom stereocenters. The van der Waals surface area contributed by atoms with Crippen molar-refractivity contribution in [3.8, 4) is 0 Å². The fourth-order valence-electron chi connectivity index (χ4n) is 2.41. The molecule has 0 aliphatic carbocycles. The number of nitrogens with one attached hydrogen (secondary N) is 1. The predicted octanol–water partition coefficient (Wildman–Crippen LogP) is 2.69. The van der Waals surface area contributed by atoms with Crippen LogP contribution in [-0.4, -0.2) is 42.7 Å². The summed E-state index contributed by atoms with van der Waals surface area (Å²) >= 11 is 1.24. The molecule has 1 aliphatic rings. The van der Waals surface area contributed by atoms with Gasteiger partial charge in [-0.2, -0.15) is 0 Å². The van der Waals surface area contributed by atoms with Crippen molar-refractivity contribution < 1.29 is 13.6 Å². The van der Waals surface area contributed by atoms with Crippen molar-refractivity contribution in [3.63, 3.8) is 0 Å². The van der Waals surface area contributed by atoms with E-state index < -0.39 is 11.6 Å². The van der Waals surface area contributed by atoms with Crippen LogP contribution in [0.15, 0.2) is 23.1 Å². The number of amides is 1. The van der Waals surface area contributed by atoms with Crippen molar-refractivity contribution in [2.45, 2.75) is 23.8 Å². The van der Waals surface area contributed by atoms with Crippen LogP contribution < -0.4 is 5.32 Å². The van der Waals surface area contributed by atoms with Crippen molar-refractivity contribution in [2.75, 3.05) is 25.9 Å². The molecule has 1 aromatic rings. The fourth-order valence-corrected chi connectivity index (χ4v) is 3.21. The number of halogens is 3. The predicted molar refractivity (Wildman–Crippen MR) is 83.0 cm³/mol. The first kappa shape index (κ1) is 18.2. The summed E-state index contributed by atoms with van der Waals surface area (Å²) in [5.41, 5.74) is 0. The minimum absolute atomic E-state index is 0. The number of nitrogens with zero attached hydrogens (tertiary/aromatic N) is 1. The summed E-state index contributed by atoms with van der Waals surface area (Å²) < 4.78 is 25.9. The average Bonchev–Trinajstić information content (AvgIpc) is 2.88. The Labute approximate surface area is 133 Å². The molecular formula is C14H19ClF2N2OS. The number of hydrogen-bond donors (Lipinski definition) is 1. The van der Waals surface area contributed by atoms with Crippen molar-refractivity contribution in [1.82, 2.24) is 10.2 Å². The number of carbonyl (C=O) groups excluding carboxylic acids is 1. The molecule has 1 aromatic carbocycles. The topological polar surface area (TPSA) is 32.3 Å². The van der Waals surface area contributed by atoms with E-state index in [1.807, 2.05) is 11.9 Å². The van der Waals surface area contributed by atoms with E-state index in [9.17, 15) is 13.6 Å². The molecule has 1 saturated heterocycles. The molecule has 21 heavy (non-hydrogen) atoms. The lowest BCUT2D eigenvalue weighted by molar-refractivity contribution is -0.129. The maximum absolute atomic E-state index is 13.1. The van der Waals surface area contributed by atoms with E-state index in [2.05, 4.69) is 5.32 Å². The molecule has 1 heterocycles. The third kappa shape index (κ3) is 4.83. The third-order valence-electron chi connectivity index (χ3n) is 3.39. The Morgan fingerprint density at radius 3 is 2.86 bits per heavy atom. The molecule has 0 bridgehead atoms. The minimum atomic E-state index is -0.878. The van der Waals surface area contributed by atoms with Gasteiger partial charge in [-0.1, -0.05) is 0 Å². The zero-order valence-corrected chi connectivity index (χ0v) is 13.4. The van der Waals surface area contributed by atoms with E-state index in [4.69, 9.17) is 0 Å². The molecule has 1 atom stereocenters. The lowest BCUT2D eigenvalue weighted by Crippen LogP contribution is -2.41. The Hall–Kier alpha value is -0.850. The smallest absolute Gasteiger partial charge is 0.233 e. The SMILES string of the molecule is CNCC1CCCN1C(=O)CSc1ccc(F)c(F)c1.Cl. The molecule has 0 aromatic heterocycles. The highest BCUT2D eigenvalue weighted by molar-refractivity contribution is 8.00. The number of benzene rings is 1. The first-order valence-corrected chi connectivity index (χ1v) is 7.62. The Bertz CT molecular complexity index is 490. The lowest BCUT2D eigenvalue weighted by Gasteiger charge is -2.24. The first-order chi connectivity index (χ1) is 9.61. The van der Waals surface area contributed by atoms with Crippen molar-refractivity contribution in [3.05, 3.63) is 29.8 Å². The number of rotatable bonds is 5. The van der Waals surface area contributed by atoms with Gasteiger partial charge in [0.25, 0.3) is 0 Å². The average molecular weight is 337 g/mol. The van der Waals surface area contributed by atoms with E-state index in [1.165, 1.54) is 17.8 Å².